The number of hydrazone groups is 1. The Morgan fingerprint density at radius 3 is 2.57 bits per heavy atom. The summed E-state index contributed by atoms with van der Waals surface area (Å²) in [5.41, 5.74) is 4.17. The Morgan fingerprint density at radius 2 is 1.87 bits per heavy atom. The minimum Gasteiger partial charge on any atom is -0.298 e. The second kappa shape index (κ2) is 8.29. The van der Waals surface area contributed by atoms with Crippen LogP contribution in [0.2, 0.25) is 5.02 Å². The van der Waals surface area contributed by atoms with E-state index in [0.29, 0.717) is 17.5 Å². The Balaban J connectivity index is 1.77. The van der Waals surface area contributed by atoms with Crippen LogP contribution in [0.25, 0.3) is 11.2 Å². The van der Waals surface area contributed by atoms with Gasteiger partial charge in [0.1, 0.15) is 0 Å². The normalized spacial score (nSPS) is 11.4. The highest BCUT2D eigenvalue weighted by Gasteiger charge is 2.17. The third-order valence-electron chi connectivity index (χ3n) is 4.51. The number of benzene rings is 2. The Hall–Kier alpha value is -3.17. The molecule has 152 valence electrons. The number of imidazole rings is 1. The first-order valence-electron chi connectivity index (χ1n) is 8.91. The van der Waals surface area contributed by atoms with E-state index in [0.717, 1.165) is 15.6 Å². The Bertz CT molecular complexity index is 1350. The zero-order valence-electron chi connectivity index (χ0n) is 15.8. The average molecular weight is 488 g/mol. The SMILES string of the molecule is Cn1c(=O)[nH]c(=O)c2c1nc(N/N=C\c1ccc(Br)cc1)n2Cc1ccc(Cl)cc1. The van der Waals surface area contributed by atoms with Crippen LogP contribution in [-0.4, -0.2) is 25.3 Å². The third-order valence-corrected chi connectivity index (χ3v) is 5.29. The van der Waals surface area contributed by atoms with E-state index in [1.807, 2.05) is 36.4 Å². The summed E-state index contributed by atoms with van der Waals surface area (Å²) < 4.78 is 3.94. The van der Waals surface area contributed by atoms with Crippen LogP contribution in [0.5, 0.6) is 0 Å². The minimum atomic E-state index is -0.534. The smallest absolute Gasteiger partial charge is 0.298 e. The first kappa shape index (κ1) is 20.1. The van der Waals surface area contributed by atoms with Crippen molar-refractivity contribution < 1.29 is 0 Å². The summed E-state index contributed by atoms with van der Waals surface area (Å²) in [5.74, 6) is 0.333. The molecule has 0 aliphatic rings. The fourth-order valence-electron chi connectivity index (χ4n) is 2.96. The van der Waals surface area contributed by atoms with Gasteiger partial charge < -0.3 is 0 Å². The van der Waals surface area contributed by atoms with Crippen molar-refractivity contribution in [1.29, 1.82) is 0 Å². The highest BCUT2D eigenvalue weighted by Crippen LogP contribution is 2.19. The van der Waals surface area contributed by atoms with Crippen LogP contribution >= 0.6 is 27.5 Å². The number of nitrogens with one attached hydrogen (secondary N) is 2. The van der Waals surface area contributed by atoms with Crippen LogP contribution in [0, 0.1) is 0 Å². The molecule has 4 rings (SSSR count). The first-order chi connectivity index (χ1) is 14.4. The summed E-state index contributed by atoms with van der Waals surface area (Å²) in [5, 5.41) is 4.86. The molecule has 30 heavy (non-hydrogen) atoms. The molecule has 0 spiro atoms. The van der Waals surface area contributed by atoms with Crippen molar-refractivity contribution in [3.63, 3.8) is 0 Å². The minimum absolute atomic E-state index is 0.263. The van der Waals surface area contributed by atoms with Gasteiger partial charge >= 0.3 is 5.69 Å². The van der Waals surface area contributed by atoms with Crippen LogP contribution in [0.4, 0.5) is 5.95 Å². The molecule has 0 saturated heterocycles. The molecule has 0 atom stereocenters. The molecule has 0 amide bonds. The monoisotopic (exact) mass is 486 g/mol. The summed E-state index contributed by atoms with van der Waals surface area (Å²) in [6.45, 7) is 0.338. The lowest BCUT2D eigenvalue weighted by atomic mass is 10.2. The molecule has 0 saturated carbocycles. The number of rotatable bonds is 5. The van der Waals surface area contributed by atoms with Crippen molar-refractivity contribution in [2.24, 2.45) is 12.1 Å². The number of nitrogens with zero attached hydrogens (tertiary/aromatic N) is 4. The lowest BCUT2D eigenvalue weighted by Crippen LogP contribution is -2.29. The second-order valence-electron chi connectivity index (χ2n) is 6.56. The van der Waals surface area contributed by atoms with Crippen LogP contribution in [0.3, 0.4) is 0 Å². The molecule has 10 heteroatoms. The number of H-pyrrole nitrogens is 1. The molecule has 0 radical (unpaired) electrons. The zero-order chi connectivity index (χ0) is 21.3. The predicted molar refractivity (Wildman–Crippen MR) is 122 cm³/mol. The molecule has 0 aliphatic carbocycles. The number of hydrogen-bond donors (Lipinski definition) is 2. The number of aromatic amines is 1. The van der Waals surface area contributed by atoms with Crippen LogP contribution < -0.4 is 16.7 Å². The fourth-order valence-corrected chi connectivity index (χ4v) is 3.35. The second-order valence-corrected chi connectivity index (χ2v) is 7.91. The fraction of sp³-hybridized carbons (Fsp3) is 0.100. The maximum Gasteiger partial charge on any atom is 0.329 e. The van der Waals surface area contributed by atoms with Gasteiger partial charge in [0.15, 0.2) is 11.2 Å². The van der Waals surface area contributed by atoms with Crippen LogP contribution in [0.15, 0.2) is 67.7 Å². The van der Waals surface area contributed by atoms with Gasteiger partial charge in [-0.25, -0.2) is 10.2 Å². The standard InChI is InChI=1S/C20H16BrClN6O2/c1-27-17-16(18(29)25-20(27)30)28(11-13-4-8-15(22)9-5-13)19(24-17)26-23-10-12-2-6-14(21)7-3-12/h2-10H,11H2,1H3,(H,24,26)(H,25,29,30)/b23-10-. The molecule has 2 N–H and O–H groups in total. The van der Waals surface area contributed by atoms with Crippen molar-refractivity contribution in [2.75, 3.05) is 5.43 Å². The van der Waals surface area contributed by atoms with Gasteiger partial charge in [0.25, 0.3) is 5.56 Å². The van der Waals surface area contributed by atoms with Gasteiger partial charge in [-0.15, -0.1) is 0 Å². The molecule has 4 aromatic rings. The molecule has 0 aliphatic heterocycles. The van der Waals surface area contributed by atoms with Crippen molar-refractivity contribution >= 4 is 50.9 Å². The van der Waals surface area contributed by atoms with Gasteiger partial charge in [0.05, 0.1) is 12.8 Å². The highest BCUT2D eigenvalue weighted by atomic mass is 79.9. The van der Waals surface area contributed by atoms with Crippen molar-refractivity contribution in [3.05, 3.63) is 90.0 Å². The molecule has 2 aromatic carbocycles. The number of aryl methyl sites for hydroxylation is 1. The van der Waals surface area contributed by atoms with Crippen molar-refractivity contribution in [2.45, 2.75) is 6.54 Å². The van der Waals surface area contributed by atoms with E-state index in [1.165, 1.54) is 4.57 Å². The topological polar surface area (TPSA) is 97.1 Å². The first-order valence-corrected chi connectivity index (χ1v) is 10.1. The van der Waals surface area contributed by atoms with E-state index in [1.54, 1.807) is 30.0 Å². The molecule has 0 unspecified atom stereocenters. The lowest BCUT2D eigenvalue weighted by molar-refractivity contribution is 0.808. The highest BCUT2D eigenvalue weighted by molar-refractivity contribution is 9.10. The third kappa shape index (κ3) is 4.07. The summed E-state index contributed by atoms with van der Waals surface area (Å²) in [7, 11) is 1.55. The molecule has 8 nitrogen and oxygen atoms in total. The summed E-state index contributed by atoms with van der Waals surface area (Å²) in [6.07, 6.45) is 1.64. The average Bonchev–Trinajstić information content (AvgIpc) is 3.08. The van der Waals surface area contributed by atoms with Gasteiger partial charge in [0.2, 0.25) is 5.95 Å². The largest absolute Gasteiger partial charge is 0.329 e. The van der Waals surface area contributed by atoms with E-state index < -0.39 is 11.2 Å². The summed E-state index contributed by atoms with van der Waals surface area (Å²) in [6, 6.07) is 14.9. The summed E-state index contributed by atoms with van der Waals surface area (Å²) in [4.78, 5) is 31.3. The quantitative estimate of drug-likeness (QED) is 0.333. The maximum absolute atomic E-state index is 12.5. The van der Waals surface area contributed by atoms with Crippen molar-refractivity contribution in [1.82, 2.24) is 19.1 Å². The Labute approximate surface area is 184 Å². The molecular formula is C20H16BrClN6O2. The van der Waals surface area contributed by atoms with E-state index in [9.17, 15) is 9.59 Å². The number of aromatic nitrogens is 4. The Kier molecular flexibility index (Phi) is 5.56. The predicted octanol–water partition coefficient (Wildman–Crippen LogP) is 3.33. The number of fused-ring (bicyclic) bond motifs is 1. The molecule has 0 bridgehead atoms. The van der Waals surface area contributed by atoms with Gasteiger partial charge in [0, 0.05) is 16.5 Å². The maximum atomic E-state index is 12.5. The number of hydrogen-bond acceptors (Lipinski definition) is 5. The van der Waals surface area contributed by atoms with Crippen LogP contribution in [0.1, 0.15) is 11.1 Å². The molecule has 2 aromatic heterocycles. The van der Waals surface area contributed by atoms with Gasteiger partial charge in [-0.3, -0.25) is 18.9 Å². The molecule has 2 heterocycles. The Morgan fingerprint density at radius 1 is 1.17 bits per heavy atom. The number of anilines is 1. The zero-order valence-corrected chi connectivity index (χ0v) is 18.1. The van der Waals surface area contributed by atoms with Gasteiger partial charge in [-0.2, -0.15) is 10.1 Å². The van der Waals surface area contributed by atoms with E-state index in [4.69, 9.17) is 11.6 Å². The van der Waals surface area contributed by atoms with E-state index >= 15 is 0 Å². The molecule has 0 fully saturated rings. The van der Waals surface area contributed by atoms with E-state index in [-0.39, 0.29) is 11.2 Å². The van der Waals surface area contributed by atoms with Gasteiger partial charge in [-0.1, -0.05) is 51.8 Å². The molecular weight excluding hydrogens is 472 g/mol. The summed E-state index contributed by atoms with van der Waals surface area (Å²) >= 11 is 9.37. The van der Waals surface area contributed by atoms with Gasteiger partial charge in [-0.05, 0) is 35.4 Å². The van der Waals surface area contributed by atoms with E-state index in [2.05, 4.69) is 36.4 Å². The number of halogens is 2. The van der Waals surface area contributed by atoms with Crippen molar-refractivity contribution in [3.8, 4) is 0 Å². The van der Waals surface area contributed by atoms with Crippen LogP contribution in [-0.2, 0) is 13.6 Å². The lowest BCUT2D eigenvalue weighted by Gasteiger charge is -2.08.